The Morgan fingerprint density at radius 2 is 0.794 bits per heavy atom. The molecule has 0 N–H and O–H groups in total. The number of methoxy groups -OCH3 is 6. The van der Waals surface area contributed by atoms with Gasteiger partial charge in [0.2, 0.25) is 0 Å². The minimum absolute atomic E-state index is 0.532. The summed E-state index contributed by atoms with van der Waals surface area (Å²) < 4.78 is 32.6. The fourth-order valence-corrected chi connectivity index (χ4v) is 3.22. The number of ether oxygens (including phenoxy) is 6. The van der Waals surface area contributed by atoms with Gasteiger partial charge >= 0.3 is 0 Å². The zero-order chi connectivity index (χ0) is 24.5. The van der Waals surface area contributed by atoms with Gasteiger partial charge in [0.25, 0.3) is 0 Å². The summed E-state index contributed by atoms with van der Waals surface area (Å²) in [4.78, 5) is 0. The lowest BCUT2D eigenvalue weighted by Crippen LogP contribution is -1.96. The zero-order valence-corrected chi connectivity index (χ0v) is 20.1. The average molecular weight is 459 g/mol. The topological polar surface area (TPSA) is 55.4 Å². The molecule has 3 aromatic rings. The highest BCUT2D eigenvalue weighted by molar-refractivity contribution is 5.64. The molecular formula is C28H26O6. The van der Waals surface area contributed by atoms with Crippen LogP contribution in [0.25, 0.3) is 0 Å². The Morgan fingerprint density at radius 3 is 1.15 bits per heavy atom. The molecule has 0 fully saturated rings. The predicted octanol–water partition coefficient (Wildman–Crippen LogP) is 4.54. The number of hydrogen-bond donors (Lipinski definition) is 0. The predicted molar refractivity (Wildman–Crippen MR) is 131 cm³/mol. The third-order valence-corrected chi connectivity index (χ3v) is 4.98. The first-order chi connectivity index (χ1) is 16.6. The van der Waals surface area contributed by atoms with Crippen molar-refractivity contribution < 1.29 is 28.4 Å². The molecule has 3 rings (SSSR count). The largest absolute Gasteiger partial charge is 0.497 e. The summed E-state index contributed by atoms with van der Waals surface area (Å²) in [6, 6.07) is 14.5. The van der Waals surface area contributed by atoms with Gasteiger partial charge in [-0.25, -0.2) is 0 Å². The van der Waals surface area contributed by atoms with Gasteiger partial charge in [0.05, 0.1) is 64.9 Å². The lowest BCUT2D eigenvalue weighted by Gasteiger charge is -2.10. The first-order valence-electron chi connectivity index (χ1n) is 10.3. The third-order valence-electron chi connectivity index (χ3n) is 4.98. The second-order valence-corrected chi connectivity index (χ2v) is 6.89. The first-order valence-corrected chi connectivity index (χ1v) is 10.3. The molecular weight excluding hydrogens is 432 g/mol. The van der Waals surface area contributed by atoms with Crippen molar-refractivity contribution in [2.45, 2.75) is 0 Å². The van der Waals surface area contributed by atoms with E-state index >= 15 is 0 Å². The van der Waals surface area contributed by atoms with E-state index in [4.69, 9.17) is 28.4 Å². The fraction of sp³-hybridized carbons (Fsp3) is 0.214. The highest BCUT2D eigenvalue weighted by Crippen LogP contribution is 2.30. The maximum absolute atomic E-state index is 5.68. The molecule has 0 saturated heterocycles. The Morgan fingerprint density at radius 1 is 0.412 bits per heavy atom. The quantitative estimate of drug-likeness (QED) is 0.506. The van der Waals surface area contributed by atoms with Crippen LogP contribution in [-0.4, -0.2) is 42.7 Å². The van der Waals surface area contributed by atoms with Crippen LogP contribution in [0.5, 0.6) is 34.5 Å². The summed E-state index contributed by atoms with van der Waals surface area (Å²) >= 11 is 0. The smallest absolute Gasteiger partial charge is 0.150 e. The zero-order valence-electron chi connectivity index (χ0n) is 20.1. The van der Waals surface area contributed by atoms with Crippen LogP contribution in [0.2, 0.25) is 0 Å². The Hall–Kier alpha value is -4.42. The molecule has 0 bridgehead atoms. The third kappa shape index (κ3) is 5.49. The van der Waals surface area contributed by atoms with Gasteiger partial charge < -0.3 is 28.4 Å². The van der Waals surface area contributed by atoms with E-state index < -0.39 is 0 Å². The van der Waals surface area contributed by atoms with E-state index in [2.05, 4.69) is 23.7 Å². The molecule has 0 saturated carbocycles. The van der Waals surface area contributed by atoms with Crippen LogP contribution < -0.4 is 28.4 Å². The molecule has 0 radical (unpaired) electrons. The molecule has 0 spiro atoms. The van der Waals surface area contributed by atoms with Gasteiger partial charge in [-0.1, -0.05) is 23.7 Å². The highest BCUT2D eigenvalue weighted by Gasteiger charge is 2.11. The molecule has 0 aliphatic carbocycles. The van der Waals surface area contributed by atoms with Crippen molar-refractivity contribution in [3.8, 4) is 58.2 Å². The molecule has 0 aliphatic heterocycles. The number of benzene rings is 3. The molecule has 3 aromatic carbocycles. The normalized spacial score (nSPS) is 9.59. The summed E-state index contributed by atoms with van der Waals surface area (Å²) in [5.41, 5.74) is 2.60. The number of rotatable bonds is 6. The van der Waals surface area contributed by atoms with Crippen LogP contribution in [-0.2, 0) is 0 Å². The van der Waals surface area contributed by atoms with E-state index in [9.17, 15) is 0 Å². The van der Waals surface area contributed by atoms with Gasteiger partial charge in [-0.3, -0.25) is 0 Å². The summed E-state index contributed by atoms with van der Waals surface area (Å²) in [6.45, 7) is 0. The van der Waals surface area contributed by atoms with Crippen LogP contribution in [0.15, 0.2) is 48.5 Å². The molecule has 0 heterocycles. The second kappa shape index (κ2) is 11.4. The molecule has 6 nitrogen and oxygen atoms in total. The molecule has 0 aromatic heterocycles. The molecule has 0 aliphatic rings. The van der Waals surface area contributed by atoms with Crippen molar-refractivity contribution in [3.63, 3.8) is 0 Å². The van der Waals surface area contributed by atoms with E-state index in [1.807, 2.05) is 36.4 Å². The van der Waals surface area contributed by atoms with Crippen molar-refractivity contribution >= 4 is 0 Å². The first kappa shape index (κ1) is 24.2. The van der Waals surface area contributed by atoms with Crippen molar-refractivity contribution in [2.75, 3.05) is 42.7 Å². The molecule has 0 atom stereocenters. The van der Waals surface area contributed by atoms with Gasteiger partial charge in [0.1, 0.15) is 34.5 Å². The van der Waals surface area contributed by atoms with Gasteiger partial charge in [0, 0.05) is 0 Å². The lowest BCUT2D eigenvalue weighted by atomic mass is 10.1. The van der Waals surface area contributed by atoms with Crippen LogP contribution in [0.1, 0.15) is 22.3 Å². The molecule has 0 unspecified atom stereocenters. The minimum Gasteiger partial charge on any atom is -0.497 e. The molecule has 6 heteroatoms. The Balaban J connectivity index is 2.12. The van der Waals surface area contributed by atoms with Gasteiger partial charge in [-0.05, 0) is 48.5 Å². The van der Waals surface area contributed by atoms with E-state index in [1.54, 1.807) is 54.8 Å². The molecule has 0 amide bonds. The lowest BCUT2D eigenvalue weighted by molar-refractivity contribution is 0.401. The van der Waals surface area contributed by atoms with Crippen molar-refractivity contribution in [2.24, 2.45) is 0 Å². The van der Waals surface area contributed by atoms with E-state index in [-0.39, 0.29) is 0 Å². The maximum atomic E-state index is 5.68. The monoisotopic (exact) mass is 458 g/mol. The Bertz CT molecular complexity index is 1190. The van der Waals surface area contributed by atoms with Gasteiger partial charge in [-0.2, -0.15) is 0 Å². The Kier molecular flexibility index (Phi) is 8.16. The van der Waals surface area contributed by atoms with E-state index in [1.165, 1.54) is 0 Å². The standard InChI is InChI=1S/C28H26O6/c1-29-23-11-13-26(32-4)19(15-23)7-9-21-17-25(31-3)18-22(28(21)34-6)10-8-20-16-24(30-2)12-14-27(20)33-5/h11-18H,1-6H3. The molecule has 34 heavy (non-hydrogen) atoms. The molecule has 174 valence electrons. The van der Waals surface area contributed by atoms with Crippen molar-refractivity contribution in [3.05, 3.63) is 70.8 Å². The maximum Gasteiger partial charge on any atom is 0.150 e. The fourth-order valence-electron chi connectivity index (χ4n) is 3.22. The van der Waals surface area contributed by atoms with Crippen LogP contribution in [0.4, 0.5) is 0 Å². The van der Waals surface area contributed by atoms with Gasteiger partial charge in [0.15, 0.2) is 0 Å². The minimum atomic E-state index is 0.532. The highest BCUT2D eigenvalue weighted by atomic mass is 16.5. The van der Waals surface area contributed by atoms with Crippen molar-refractivity contribution in [1.29, 1.82) is 0 Å². The van der Waals surface area contributed by atoms with Gasteiger partial charge in [-0.15, -0.1) is 0 Å². The summed E-state index contributed by atoms with van der Waals surface area (Å²) in [7, 11) is 9.57. The van der Waals surface area contributed by atoms with Crippen LogP contribution in [0, 0.1) is 23.7 Å². The van der Waals surface area contributed by atoms with Crippen LogP contribution >= 0.6 is 0 Å². The van der Waals surface area contributed by atoms with E-state index in [0.29, 0.717) is 56.8 Å². The Labute approximate surface area is 200 Å². The van der Waals surface area contributed by atoms with Crippen molar-refractivity contribution in [1.82, 2.24) is 0 Å². The summed E-state index contributed by atoms with van der Waals surface area (Å²) in [6.07, 6.45) is 0. The average Bonchev–Trinajstić information content (AvgIpc) is 2.89. The summed E-state index contributed by atoms with van der Waals surface area (Å²) in [5, 5.41) is 0. The van der Waals surface area contributed by atoms with E-state index in [0.717, 1.165) is 0 Å². The number of hydrogen-bond acceptors (Lipinski definition) is 6. The SMILES string of the molecule is COc1ccc(OC)c(C#Cc2cc(OC)cc(C#Cc3cc(OC)ccc3OC)c2OC)c1. The summed E-state index contributed by atoms with van der Waals surface area (Å²) in [5.74, 6) is 16.4. The van der Waals surface area contributed by atoms with Crippen LogP contribution in [0.3, 0.4) is 0 Å². The second-order valence-electron chi connectivity index (χ2n) is 6.89.